The minimum atomic E-state index is -0.650. The number of nitrogens with zero attached hydrogens (tertiary/aromatic N) is 3. The molecule has 1 aliphatic heterocycles. The normalized spacial score (nSPS) is 22.4. The summed E-state index contributed by atoms with van der Waals surface area (Å²) < 4.78 is 24.8. The molecule has 0 bridgehead atoms. The van der Waals surface area contributed by atoms with Crippen molar-refractivity contribution in [1.29, 1.82) is 0 Å². The third kappa shape index (κ3) is 7.51. The minimum Gasteiger partial charge on any atom is -0.374 e. The summed E-state index contributed by atoms with van der Waals surface area (Å²) in [5, 5.41) is 3.86. The predicted octanol–water partition coefficient (Wildman–Crippen LogP) is 6.21. The molecule has 0 amide bonds. The molecule has 0 spiro atoms. The molecule has 35 heavy (non-hydrogen) atoms. The third-order valence-corrected chi connectivity index (χ3v) is 7.05. The van der Waals surface area contributed by atoms with Crippen LogP contribution in [-0.4, -0.2) is 35.1 Å². The summed E-state index contributed by atoms with van der Waals surface area (Å²) in [7, 11) is 0. The quantitative estimate of drug-likeness (QED) is 0.0832. The van der Waals surface area contributed by atoms with Crippen molar-refractivity contribution >= 4 is 22.6 Å². The van der Waals surface area contributed by atoms with Gasteiger partial charge in [0, 0.05) is 4.91 Å². The van der Waals surface area contributed by atoms with Crippen LogP contribution in [0.1, 0.15) is 16.7 Å². The zero-order valence-corrected chi connectivity index (χ0v) is 21.4. The molecule has 1 saturated heterocycles. The minimum absolute atomic E-state index is 0.172. The van der Waals surface area contributed by atoms with Gasteiger partial charge in [-0.2, -0.15) is 0 Å². The van der Waals surface area contributed by atoms with E-state index < -0.39 is 18.4 Å². The van der Waals surface area contributed by atoms with Crippen molar-refractivity contribution in [2.24, 2.45) is 5.11 Å². The Morgan fingerprint density at radius 3 is 1.94 bits per heavy atom. The van der Waals surface area contributed by atoms with E-state index in [9.17, 15) is 0 Å². The largest absolute Gasteiger partial charge is 0.374 e. The highest BCUT2D eigenvalue weighted by Gasteiger charge is 2.47. The maximum Gasteiger partial charge on any atom is 0.151 e. The molecule has 1 fully saturated rings. The van der Waals surface area contributed by atoms with Gasteiger partial charge in [-0.15, -0.1) is 0 Å². The SMILES string of the molecule is [N-]=[N+]=N[C@@H]1OC(C(COCc2ccccc2)OCc2ccccc2)[C@H](OCc2ccccc2)C1I. The van der Waals surface area contributed by atoms with Crippen LogP contribution in [0.2, 0.25) is 0 Å². The van der Waals surface area contributed by atoms with Gasteiger partial charge in [0.1, 0.15) is 18.3 Å². The summed E-state index contributed by atoms with van der Waals surface area (Å²) in [5.74, 6) is 0. The number of benzene rings is 3. The Morgan fingerprint density at radius 1 is 0.829 bits per heavy atom. The van der Waals surface area contributed by atoms with Crippen molar-refractivity contribution < 1.29 is 18.9 Å². The van der Waals surface area contributed by atoms with Gasteiger partial charge in [0.05, 0.1) is 30.4 Å². The Bertz CT molecular complexity index is 1070. The van der Waals surface area contributed by atoms with Gasteiger partial charge >= 0.3 is 0 Å². The molecule has 3 unspecified atom stereocenters. The summed E-state index contributed by atoms with van der Waals surface area (Å²) in [6.07, 6.45) is -1.87. The maximum absolute atomic E-state index is 9.06. The lowest BCUT2D eigenvalue weighted by atomic mass is 10.1. The van der Waals surface area contributed by atoms with E-state index in [4.69, 9.17) is 24.5 Å². The van der Waals surface area contributed by atoms with E-state index in [1.54, 1.807) is 0 Å². The molecule has 1 aliphatic rings. The Hall–Kier alpha value is -2.46. The Kier molecular flexibility index (Phi) is 9.94. The van der Waals surface area contributed by atoms with Crippen LogP contribution >= 0.6 is 22.6 Å². The van der Waals surface area contributed by atoms with E-state index in [1.807, 2.05) is 91.0 Å². The topological polar surface area (TPSA) is 85.7 Å². The molecular weight excluding hydrogens is 557 g/mol. The molecule has 0 aromatic heterocycles. The van der Waals surface area contributed by atoms with Crippen molar-refractivity contribution in [2.75, 3.05) is 6.61 Å². The van der Waals surface area contributed by atoms with Crippen molar-refractivity contribution in [1.82, 2.24) is 0 Å². The lowest BCUT2D eigenvalue weighted by Crippen LogP contribution is -2.43. The monoisotopic (exact) mass is 585 g/mol. The number of azide groups is 1. The lowest BCUT2D eigenvalue weighted by molar-refractivity contribution is -0.137. The lowest BCUT2D eigenvalue weighted by Gasteiger charge is -2.29. The van der Waals surface area contributed by atoms with Crippen LogP contribution in [0.25, 0.3) is 10.4 Å². The zero-order valence-electron chi connectivity index (χ0n) is 19.2. The first-order valence-electron chi connectivity index (χ1n) is 11.5. The van der Waals surface area contributed by atoms with Crippen molar-refractivity contribution in [3.05, 3.63) is 118 Å². The second kappa shape index (κ2) is 13.6. The standard InChI is InChI=1S/C27H28IN3O4/c28-24-26(34-18-22-14-8-3-9-15-22)25(35-27(24)30-31-29)23(33-17-21-12-6-2-7-13-21)19-32-16-20-10-4-1-5-11-20/h1-15,23-27H,16-19H2/t23?,24?,25?,26-,27-/m1/s1. The van der Waals surface area contributed by atoms with Crippen LogP contribution in [0.4, 0.5) is 0 Å². The van der Waals surface area contributed by atoms with Gasteiger partial charge in [0.25, 0.3) is 0 Å². The van der Waals surface area contributed by atoms with E-state index in [0.717, 1.165) is 16.7 Å². The molecule has 182 valence electrons. The molecule has 0 aliphatic carbocycles. The van der Waals surface area contributed by atoms with Gasteiger partial charge < -0.3 is 18.9 Å². The first-order valence-corrected chi connectivity index (χ1v) is 12.8. The van der Waals surface area contributed by atoms with E-state index in [1.165, 1.54) is 0 Å². The van der Waals surface area contributed by atoms with E-state index in [-0.39, 0.29) is 10.0 Å². The molecule has 3 aromatic rings. The summed E-state index contributed by atoms with van der Waals surface area (Å²) in [5.41, 5.74) is 12.3. The number of alkyl halides is 1. The molecule has 8 heteroatoms. The summed E-state index contributed by atoms with van der Waals surface area (Å²) >= 11 is 2.25. The summed E-state index contributed by atoms with van der Waals surface area (Å²) in [4.78, 5) is 2.98. The fourth-order valence-corrected chi connectivity index (χ4v) is 4.86. The van der Waals surface area contributed by atoms with Crippen LogP contribution in [0, 0.1) is 0 Å². The first-order chi connectivity index (χ1) is 17.2. The smallest absolute Gasteiger partial charge is 0.151 e. The highest BCUT2D eigenvalue weighted by molar-refractivity contribution is 14.1. The molecule has 5 atom stereocenters. The van der Waals surface area contributed by atoms with Crippen LogP contribution in [-0.2, 0) is 38.8 Å². The molecule has 0 radical (unpaired) electrons. The van der Waals surface area contributed by atoms with Crippen molar-refractivity contribution in [3.63, 3.8) is 0 Å². The Labute approximate surface area is 219 Å². The number of hydrogen-bond donors (Lipinski definition) is 0. The highest BCUT2D eigenvalue weighted by Crippen LogP contribution is 2.34. The zero-order chi connectivity index (χ0) is 24.3. The second-order valence-electron chi connectivity index (χ2n) is 8.24. The third-order valence-electron chi connectivity index (χ3n) is 5.72. The van der Waals surface area contributed by atoms with E-state index in [0.29, 0.717) is 26.4 Å². The number of halogens is 1. The number of rotatable bonds is 12. The highest BCUT2D eigenvalue weighted by atomic mass is 127. The first kappa shape index (κ1) is 25.6. The molecule has 0 N–H and O–H groups in total. The molecular formula is C27H28IN3O4. The Balaban J connectivity index is 1.49. The number of hydrogen-bond acceptors (Lipinski definition) is 5. The second-order valence-corrected chi connectivity index (χ2v) is 9.68. The van der Waals surface area contributed by atoms with Gasteiger partial charge in [-0.1, -0.05) is 119 Å². The van der Waals surface area contributed by atoms with Gasteiger partial charge in [-0.25, -0.2) is 0 Å². The fourth-order valence-electron chi connectivity index (χ4n) is 3.93. The molecule has 1 heterocycles. The van der Waals surface area contributed by atoms with E-state index in [2.05, 4.69) is 32.6 Å². The van der Waals surface area contributed by atoms with E-state index >= 15 is 0 Å². The maximum atomic E-state index is 9.06. The fraction of sp³-hybridized carbons (Fsp3) is 0.333. The van der Waals surface area contributed by atoms with Gasteiger partial charge in [0.2, 0.25) is 0 Å². The molecule has 3 aromatic carbocycles. The van der Waals surface area contributed by atoms with Crippen LogP contribution in [0.5, 0.6) is 0 Å². The van der Waals surface area contributed by atoms with Crippen LogP contribution < -0.4 is 0 Å². The summed E-state index contributed by atoms with van der Waals surface area (Å²) in [6, 6.07) is 29.9. The van der Waals surface area contributed by atoms with Gasteiger partial charge in [-0.3, -0.25) is 0 Å². The predicted molar refractivity (Wildman–Crippen MR) is 142 cm³/mol. The van der Waals surface area contributed by atoms with Gasteiger partial charge in [-0.05, 0) is 22.2 Å². The average Bonchev–Trinajstić information content (AvgIpc) is 3.21. The molecule has 4 rings (SSSR count). The van der Waals surface area contributed by atoms with Crippen molar-refractivity contribution in [3.8, 4) is 0 Å². The average molecular weight is 585 g/mol. The Morgan fingerprint density at radius 2 is 1.37 bits per heavy atom. The summed E-state index contributed by atoms with van der Waals surface area (Å²) in [6.45, 7) is 1.60. The van der Waals surface area contributed by atoms with Crippen molar-refractivity contribution in [2.45, 2.75) is 48.3 Å². The van der Waals surface area contributed by atoms with Gasteiger partial charge in [0.15, 0.2) is 6.23 Å². The van der Waals surface area contributed by atoms with Crippen LogP contribution in [0.15, 0.2) is 96.1 Å². The molecule has 7 nitrogen and oxygen atoms in total. The number of ether oxygens (including phenoxy) is 4. The van der Waals surface area contributed by atoms with Crippen LogP contribution in [0.3, 0.4) is 0 Å². The molecule has 0 saturated carbocycles.